The van der Waals surface area contributed by atoms with Gasteiger partial charge in [0.2, 0.25) is 0 Å². The molecular weight excluding hydrogens is 234 g/mol. The molecule has 0 spiro atoms. The summed E-state index contributed by atoms with van der Waals surface area (Å²) in [5, 5.41) is 3.49. The Balaban J connectivity index is 1.72. The first-order valence-corrected chi connectivity index (χ1v) is 7.51. The molecule has 104 valence electrons. The first-order valence-electron chi connectivity index (χ1n) is 7.51. The van der Waals surface area contributed by atoms with Crippen molar-refractivity contribution in [2.75, 3.05) is 46.3 Å². The number of rotatable bonds is 3. The average molecular weight is 259 g/mol. The molecule has 0 amide bonds. The molecule has 2 atom stereocenters. The highest BCUT2D eigenvalue weighted by molar-refractivity contribution is 5.20. The zero-order valence-electron chi connectivity index (χ0n) is 11.9. The van der Waals surface area contributed by atoms with Gasteiger partial charge in [-0.2, -0.15) is 0 Å². The summed E-state index contributed by atoms with van der Waals surface area (Å²) in [5.41, 5.74) is 1.47. The van der Waals surface area contributed by atoms with Crippen LogP contribution in [0, 0.1) is 5.92 Å². The van der Waals surface area contributed by atoms with E-state index in [1.54, 1.807) is 0 Å². The summed E-state index contributed by atoms with van der Waals surface area (Å²) in [6.07, 6.45) is 1.34. The standard InChI is InChI=1S/C16H25N3/c1-18-9-10-19(12-14-7-8-17-11-14)16(13-18)15-5-3-2-4-6-15/h2-6,14,16-17H,7-13H2,1H3. The highest BCUT2D eigenvalue weighted by Crippen LogP contribution is 2.26. The minimum absolute atomic E-state index is 0.570. The van der Waals surface area contributed by atoms with E-state index in [0.717, 1.165) is 12.5 Å². The fourth-order valence-electron chi connectivity index (χ4n) is 3.37. The summed E-state index contributed by atoms with van der Waals surface area (Å²) in [4.78, 5) is 5.16. The van der Waals surface area contributed by atoms with Crippen molar-refractivity contribution in [3.05, 3.63) is 35.9 Å². The Morgan fingerprint density at radius 2 is 2.05 bits per heavy atom. The molecule has 1 N–H and O–H groups in total. The van der Waals surface area contributed by atoms with Gasteiger partial charge in [-0.15, -0.1) is 0 Å². The second kappa shape index (κ2) is 6.04. The van der Waals surface area contributed by atoms with Crippen LogP contribution in [-0.4, -0.2) is 56.1 Å². The zero-order valence-corrected chi connectivity index (χ0v) is 11.9. The number of hydrogen-bond acceptors (Lipinski definition) is 3. The third-order valence-electron chi connectivity index (χ3n) is 4.53. The molecule has 2 fully saturated rings. The van der Waals surface area contributed by atoms with E-state index >= 15 is 0 Å². The number of benzene rings is 1. The van der Waals surface area contributed by atoms with E-state index in [9.17, 15) is 0 Å². The number of hydrogen-bond donors (Lipinski definition) is 1. The Morgan fingerprint density at radius 3 is 2.79 bits per heavy atom. The van der Waals surface area contributed by atoms with Crippen LogP contribution in [0.2, 0.25) is 0 Å². The summed E-state index contributed by atoms with van der Waals surface area (Å²) in [6.45, 7) is 7.21. The molecule has 2 saturated heterocycles. The molecule has 0 bridgehead atoms. The van der Waals surface area contributed by atoms with Gasteiger partial charge in [0.1, 0.15) is 0 Å². The molecule has 1 aromatic carbocycles. The lowest BCUT2D eigenvalue weighted by Crippen LogP contribution is -2.48. The van der Waals surface area contributed by atoms with E-state index < -0.39 is 0 Å². The van der Waals surface area contributed by atoms with Gasteiger partial charge in [-0.05, 0) is 38.0 Å². The Morgan fingerprint density at radius 1 is 1.21 bits per heavy atom. The first kappa shape index (κ1) is 13.1. The van der Waals surface area contributed by atoms with Crippen LogP contribution in [0.1, 0.15) is 18.0 Å². The Bertz CT molecular complexity index is 386. The lowest BCUT2D eigenvalue weighted by atomic mass is 10.00. The maximum atomic E-state index is 3.49. The van der Waals surface area contributed by atoms with Crippen LogP contribution in [0.4, 0.5) is 0 Å². The number of nitrogens with one attached hydrogen (secondary N) is 1. The largest absolute Gasteiger partial charge is 0.316 e. The topological polar surface area (TPSA) is 18.5 Å². The molecule has 2 aliphatic heterocycles. The normalized spacial score (nSPS) is 29.7. The van der Waals surface area contributed by atoms with Gasteiger partial charge in [-0.3, -0.25) is 4.90 Å². The lowest BCUT2D eigenvalue weighted by molar-refractivity contribution is 0.0774. The second-order valence-electron chi connectivity index (χ2n) is 6.04. The predicted molar refractivity (Wildman–Crippen MR) is 79.2 cm³/mol. The molecule has 2 unspecified atom stereocenters. The van der Waals surface area contributed by atoms with E-state index in [4.69, 9.17) is 0 Å². The monoisotopic (exact) mass is 259 g/mol. The molecule has 0 aliphatic carbocycles. The molecule has 0 aromatic heterocycles. The van der Waals surface area contributed by atoms with E-state index in [0.29, 0.717) is 6.04 Å². The van der Waals surface area contributed by atoms with E-state index in [1.807, 2.05) is 0 Å². The van der Waals surface area contributed by atoms with Crippen molar-refractivity contribution in [1.82, 2.24) is 15.1 Å². The van der Waals surface area contributed by atoms with Gasteiger partial charge in [-0.1, -0.05) is 30.3 Å². The van der Waals surface area contributed by atoms with Gasteiger partial charge in [-0.25, -0.2) is 0 Å². The van der Waals surface area contributed by atoms with Gasteiger partial charge >= 0.3 is 0 Å². The maximum Gasteiger partial charge on any atom is 0.0475 e. The van der Waals surface area contributed by atoms with Crippen molar-refractivity contribution in [1.29, 1.82) is 0 Å². The van der Waals surface area contributed by atoms with Crippen molar-refractivity contribution in [2.24, 2.45) is 5.92 Å². The molecule has 0 saturated carbocycles. The first-order chi connectivity index (χ1) is 9.33. The van der Waals surface area contributed by atoms with Crippen LogP contribution < -0.4 is 5.32 Å². The van der Waals surface area contributed by atoms with Crippen LogP contribution in [0.15, 0.2) is 30.3 Å². The molecule has 0 radical (unpaired) electrons. The molecule has 19 heavy (non-hydrogen) atoms. The SMILES string of the molecule is CN1CCN(CC2CCNC2)C(c2ccccc2)C1. The molecule has 1 aromatic rings. The Hall–Kier alpha value is -0.900. The van der Waals surface area contributed by atoms with E-state index in [-0.39, 0.29) is 0 Å². The zero-order chi connectivity index (χ0) is 13.1. The third kappa shape index (κ3) is 3.16. The minimum Gasteiger partial charge on any atom is -0.316 e. The maximum absolute atomic E-state index is 3.49. The van der Waals surface area contributed by atoms with E-state index in [1.165, 1.54) is 44.7 Å². The predicted octanol–water partition coefficient (Wildman–Crippen LogP) is 1.58. The van der Waals surface area contributed by atoms with Crippen molar-refractivity contribution >= 4 is 0 Å². The molecule has 3 rings (SSSR count). The average Bonchev–Trinajstić information content (AvgIpc) is 2.95. The van der Waals surface area contributed by atoms with Crippen molar-refractivity contribution < 1.29 is 0 Å². The molecule has 2 heterocycles. The summed E-state index contributed by atoms with van der Waals surface area (Å²) in [6, 6.07) is 11.6. The highest BCUT2D eigenvalue weighted by Gasteiger charge is 2.29. The number of piperazine rings is 1. The summed E-state index contributed by atoms with van der Waals surface area (Å²) in [7, 11) is 2.24. The molecule has 2 aliphatic rings. The molecular formula is C16H25N3. The summed E-state index contributed by atoms with van der Waals surface area (Å²) < 4.78 is 0. The smallest absolute Gasteiger partial charge is 0.0475 e. The Labute approximate surface area is 116 Å². The third-order valence-corrected chi connectivity index (χ3v) is 4.53. The fourth-order valence-corrected chi connectivity index (χ4v) is 3.37. The van der Waals surface area contributed by atoms with Crippen molar-refractivity contribution in [3.8, 4) is 0 Å². The van der Waals surface area contributed by atoms with Crippen LogP contribution >= 0.6 is 0 Å². The summed E-state index contributed by atoms with van der Waals surface area (Å²) >= 11 is 0. The van der Waals surface area contributed by atoms with Gasteiger partial charge in [0.15, 0.2) is 0 Å². The quantitative estimate of drug-likeness (QED) is 0.889. The van der Waals surface area contributed by atoms with Crippen LogP contribution in [0.5, 0.6) is 0 Å². The van der Waals surface area contributed by atoms with Crippen molar-refractivity contribution in [2.45, 2.75) is 12.5 Å². The van der Waals surface area contributed by atoms with Crippen LogP contribution in [-0.2, 0) is 0 Å². The second-order valence-corrected chi connectivity index (χ2v) is 6.04. The van der Waals surface area contributed by atoms with Crippen LogP contribution in [0.3, 0.4) is 0 Å². The fraction of sp³-hybridized carbons (Fsp3) is 0.625. The Kier molecular flexibility index (Phi) is 4.16. The number of likely N-dealkylation sites (N-methyl/N-ethyl adjacent to an activating group) is 1. The van der Waals surface area contributed by atoms with Gasteiger partial charge in [0.25, 0.3) is 0 Å². The van der Waals surface area contributed by atoms with Gasteiger partial charge < -0.3 is 10.2 Å². The number of nitrogens with zero attached hydrogens (tertiary/aromatic N) is 2. The molecule has 3 heteroatoms. The minimum atomic E-state index is 0.570. The van der Waals surface area contributed by atoms with Gasteiger partial charge in [0.05, 0.1) is 0 Å². The van der Waals surface area contributed by atoms with Crippen LogP contribution in [0.25, 0.3) is 0 Å². The molecule has 3 nitrogen and oxygen atoms in total. The lowest BCUT2D eigenvalue weighted by Gasteiger charge is -2.41. The van der Waals surface area contributed by atoms with Crippen molar-refractivity contribution in [3.63, 3.8) is 0 Å². The summed E-state index contributed by atoms with van der Waals surface area (Å²) in [5.74, 6) is 0.842. The van der Waals surface area contributed by atoms with Gasteiger partial charge in [0, 0.05) is 32.2 Å². The van der Waals surface area contributed by atoms with E-state index in [2.05, 4.69) is 52.5 Å². The highest BCUT2D eigenvalue weighted by atomic mass is 15.3.